The highest BCUT2D eigenvalue weighted by Gasteiger charge is 2.10. The minimum absolute atomic E-state index is 0.373. The van der Waals surface area contributed by atoms with E-state index in [9.17, 15) is 4.79 Å². The lowest BCUT2D eigenvalue weighted by molar-refractivity contribution is -0.108. The molecule has 0 amide bonds. The summed E-state index contributed by atoms with van der Waals surface area (Å²) in [6.07, 6.45) is 3.09. The Hall–Kier alpha value is -0.830. The largest absolute Gasteiger partial charge is 0.303 e. The summed E-state index contributed by atoms with van der Waals surface area (Å²) >= 11 is 6.04. The van der Waals surface area contributed by atoms with Crippen LogP contribution in [0, 0.1) is 0 Å². The fourth-order valence-corrected chi connectivity index (χ4v) is 1.50. The van der Waals surface area contributed by atoms with Crippen LogP contribution in [0.1, 0.15) is 31.7 Å². The molecule has 3 nitrogen and oxygen atoms in total. The van der Waals surface area contributed by atoms with Crippen molar-refractivity contribution < 1.29 is 4.79 Å². The van der Waals surface area contributed by atoms with Crippen LogP contribution in [-0.2, 0) is 11.3 Å². The summed E-state index contributed by atoms with van der Waals surface area (Å²) < 4.78 is 1.66. The van der Waals surface area contributed by atoms with Crippen molar-refractivity contribution in [2.45, 2.75) is 32.7 Å². The third-order valence-electron chi connectivity index (χ3n) is 1.88. The van der Waals surface area contributed by atoms with E-state index in [1.165, 1.54) is 0 Å². The van der Waals surface area contributed by atoms with Crippen molar-refractivity contribution in [3.05, 3.63) is 16.9 Å². The van der Waals surface area contributed by atoms with E-state index in [4.69, 9.17) is 11.6 Å². The quantitative estimate of drug-likeness (QED) is 0.699. The fraction of sp³-hybridized carbons (Fsp3) is 0.556. The van der Waals surface area contributed by atoms with Gasteiger partial charge >= 0.3 is 0 Å². The number of carbonyl (C=O) groups excluding carboxylic acids is 1. The summed E-state index contributed by atoms with van der Waals surface area (Å²) in [7, 11) is 0. The first-order valence-electron chi connectivity index (χ1n) is 4.31. The maximum atomic E-state index is 10.1. The topological polar surface area (TPSA) is 34.9 Å². The van der Waals surface area contributed by atoms with Gasteiger partial charge in [-0.2, -0.15) is 5.10 Å². The van der Waals surface area contributed by atoms with Crippen molar-refractivity contribution >= 4 is 17.9 Å². The van der Waals surface area contributed by atoms with E-state index in [1.807, 2.05) is 0 Å². The van der Waals surface area contributed by atoms with E-state index in [2.05, 4.69) is 18.9 Å². The molecule has 1 rings (SSSR count). The van der Waals surface area contributed by atoms with Crippen LogP contribution in [0.3, 0.4) is 0 Å². The number of halogens is 1. The normalized spacial score (nSPS) is 10.8. The van der Waals surface area contributed by atoms with Crippen molar-refractivity contribution in [3.63, 3.8) is 0 Å². The van der Waals surface area contributed by atoms with E-state index in [0.717, 1.165) is 11.8 Å². The Kier molecular flexibility index (Phi) is 3.48. The van der Waals surface area contributed by atoms with Gasteiger partial charge < -0.3 is 4.79 Å². The first kappa shape index (κ1) is 10.3. The molecule has 0 bridgehead atoms. The average molecular weight is 201 g/mol. The molecule has 0 spiro atoms. The molecule has 0 aliphatic carbocycles. The van der Waals surface area contributed by atoms with Gasteiger partial charge in [0.05, 0.1) is 6.20 Å². The molecule has 13 heavy (non-hydrogen) atoms. The maximum absolute atomic E-state index is 10.1. The summed E-state index contributed by atoms with van der Waals surface area (Å²) in [5.41, 5.74) is 1.03. The van der Waals surface area contributed by atoms with Crippen LogP contribution in [0.25, 0.3) is 0 Å². The second-order valence-electron chi connectivity index (χ2n) is 3.22. The predicted molar refractivity (Wildman–Crippen MR) is 52.0 cm³/mol. The molecule has 0 saturated carbocycles. The molecule has 0 saturated heterocycles. The van der Waals surface area contributed by atoms with E-state index in [-0.39, 0.29) is 0 Å². The molecule has 0 N–H and O–H groups in total. The minimum atomic E-state index is 0.373. The lowest BCUT2D eigenvalue weighted by atomic mass is 10.1. The van der Waals surface area contributed by atoms with Gasteiger partial charge in [0.25, 0.3) is 0 Å². The number of aldehydes is 1. The Balaban J connectivity index is 2.80. The Morgan fingerprint density at radius 2 is 2.38 bits per heavy atom. The minimum Gasteiger partial charge on any atom is -0.303 e. The lowest BCUT2D eigenvalue weighted by Crippen LogP contribution is -2.00. The van der Waals surface area contributed by atoms with Crippen LogP contribution >= 0.6 is 11.6 Å². The molecule has 1 aromatic rings. The molecule has 0 aliphatic heterocycles. The zero-order valence-electron chi connectivity index (χ0n) is 7.83. The van der Waals surface area contributed by atoms with Crippen LogP contribution < -0.4 is 0 Å². The number of hydrogen-bond donors (Lipinski definition) is 0. The number of carbonyl (C=O) groups is 1. The number of aromatic nitrogens is 2. The molecule has 0 unspecified atom stereocenters. The highest BCUT2D eigenvalue weighted by atomic mass is 35.5. The van der Waals surface area contributed by atoms with Gasteiger partial charge in [0.1, 0.15) is 11.4 Å². The first-order valence-corrected chi connectivity index (χ1v) is 4.69. The molecule has 0 fully saturated rings. The van der Waals surface area contributed by atoms with Gasteiger partial charge in [0, 0.05) is 18.5 Å². The van der Waals surface area contributed by atoms with E-state index >= 15 is 0 Å². The lowest BCUT2D eigenvalue weighted by Gasteiger charge is -2.03. The third kappa shape index (κ3) is 2.31. The van der Waals surface area contributed by atoms with E-state index in [1.54, 1.807) is 10.9 Å². The van der Waals surface area contributed by atoms with Crippen LogP contribution in [0.15, 0.2) is 6.20 Å². The maximum Gasteiger partial charge on any atom is 0.130 e. The molecule has 0 atom stereocenters. The molecule has 4 heteroatoms. The fourth-order valence-electron chi connectivity index (χ4n) is 1.10. The number of hydrogen-bond acceptors (Lipinski definition) is 2. The first-order chi connectivity index (χ1) is 6.16. The zero-order chi connectivity index (χ0) is 9.84. The number of aryl methyl sites for hydroxylation is 1. The zero-order valence-corrected chi connectivity index (χ0v) is 8.58. The highest BCUT2D eigenvalue weighted by molar-refractivity contribution is 6.30. The van der Waals surface area contributed by atoms with Crippen molar-refractivity contribution in [2.75, 3.05) is 0 Å². The molecule has 0 radical (unpaired) electrons. The molecule has 1 heterocycles. The predicted octanol–water partition coefficient (Wildman–Crippen LogP) is 2.25. The monoisotopic (exact) mass is 200 g/mol. The standard InChI is InChI=1S/C9H13ClN2O/c1-7(2)8-6-11-12(9(8)10)4-3-5-13/h5-7H,3-4H2,1-2H3. The van der Waals surface area contributed by atoms with Gasteiger partial charge in [-0.05, 0) is 5.92 Å². The molecule has 0 aliphatic rings. The summed E-state index contributed by atoms with van der Waals surface area (Å²) in [6.45, 7) is 4.69. The third-order valence-corrected chi connectivity index (χ3v) is 2.30. The van der Waals surface area contributed by atoms with Crippen molar-refractivity contribution in [1.82, 2.24) is 9.78 Å². The smallest absolute Gasteiger partial charge is 0.130 e. The Labute approximate surface area is 82.7 Å². The Morgan fingerprint density at radius 1 is 1.69 bits per heavy atom. The highest BCUT2D eigenvalue weighted by Crippen LogP contribution is 2.23. The van der Waals surface area contributed by atoms with Gasteiger partial charge in [0.2, 0.25) is 0 Å². The van der Waals surface area contributed by atoms with Crippen LogP contribution in [0.5, 0.6) is 0 Å². The van der Waals surface area contributed by atoms with Crippen molar-refractivity contribution in [2.24, 2.45) is 0 Å². The summed E-state index contributed by atoms with van der Waals surface area (Å²) in [5.74, 6) is 0.373. The van der Waals surface area contributed by atoms with Crippen LogP contribution in [-0.4, -0.2) is 16.1 Å². The SMILES string of the molecule is CC(C)c1cnn(CCC=O)c1Cl. The molecular weight excluding hydrogens is 188 g/mol. The summed E-state index contributed by atoms with van der Waals surface area (Å²) in [6, 6.07) is 0. The van der Waals surface area contributed by atoms with Crippen LogP contribution in [0.2, 0.25) is 5.15 Å². The van der Waals surface area contributed by atoms with Gasteiger partial charge in [-0.25, -0.2) is 0 Å². The molecule has 0 aromatic carbocycles. The summed E-state index contributed by atoms with van der Waals surface area (Å²) in [5, 5.41) is 4.75. The Bertz CT molecular complexity index is 294. The van der Waals surface area contributed by atoms with E-state index < -0.39 is 0 Å². The second-order valence-corrected chi connectivity index (χ2v) is 3.58. The van der Waals surface area contributed by atoms with Gasteiger partial charge in [-0.3, -0.25) is 4.68 Å². The summed E-state index contributed by atoms with van der Waals surface area (Å²) in [4.78, 5) is 10.1. The molecule has 1 aromatic heterocycles. The molecular formula is C9H13ClN2O. The van der Waals surface area contributed by atoms with E-state index in [0.29, 0.717) is 24.0 Å². The van der Waals surface area contributed by atoms with Crippen molar-refractivity contribution in [3.8, 4) is 0 Å². The van der Waals surface area contributed by atoms with Crippen LogP contribution in [0.4, 0.5) is 0 Å². The number of rotatable bonds is 4. The van der Waals surface area contributed by atoms with Gasteiger partial charge in [-0.15, -0.1) is 0 Å². The molecule has 72 valence electrons. The van der Waals surface area contributed by atoms with Gasteiger partial charge in [0.15, 0.2) is 0 Å². The number of nitrogens with zero attached hydrogens (tertiary/aromatic N) is 2. The van der Waals surface area contributed by atoms with Gasteiger partial charge in [-0.1, -0.05) is 25.4 Å². The average Bonchev–Trinajstić information content (AvgIpc) is 2.43. The van der Waals surface area contributed by atoms with Crippen molar-refractivity contribution in [1.29, 1.82) is 0 Å². The Morgan fingerprint density at radius 3 is 2.85 bits per heavy atom. The second kappa shape index (κ2) is 4.42.